The van der Waals surface area contributed by atoms with Crippen LogP contribution in [0.25, 0.3) is 0 Å². The average molecular weight is 258 g/mol. The smallest absolute Gasteiger partial charge is 0.407 e. The van der Waals surface area contributed by atoms with Gasteiger partial charge >= 0.3 is 6.09 Å². The lowest BCUT2D eigenvalue weighted by molar-refractivity contribution is 0.113. The van der Waals surface area contributed by atoms with Crippen LogP contribution in [0.4, 0.5) is 4.79 Å². The quantitative estimate of drug-likeness (QED) is 0.592. The van der Waals surface area contributed by atoms with Crippen LogP contribution in [0.2, 0.25) is 0 Å². The lowest BCUT2D eigenvalue weighted by Gasteiger charge is -2.25. The van der Waals surface area contributed by atoms with Crippen molar-refractivity contribution >= 4 is 6.09 Å². The van der Waals surface area contributed by atoms with Gasteiger partial charge in [-0.3, -0.25) is 0 Å². The van der Waals surface area contributed by atoms with Gasteiger partial charge in [-0.05, 0) is 26.3 Å². The Morgan fingerprint density at radius 1 is 1.22 bits per heavy atom. The Kier molecular flexibility index (Phi) is 10.8. The van der Waals surface area contributed by atoms with Gasteiger partial charge in [0.25, 0.3) is 0 Å². The lowest BCUT2D eigenvalue weighted by Crippen LogP contribution is -2.37. The predicted octanol–water partition coefficient (Wildman–Crippen LogP) is 2.93. The number of nitrogens with one attached hydrogen (secondary N) is 2. The van der Waals surface area contributed by atoms with Crippen molar-refractivity contribution in [2.24, 2.45) is 5.92 Å². The molecule has 4 heteroatoms. The van der Waals surface area contributed by atoms with E-state index >= 15 is 0 Å². The Hall–Kier alpha value is -0.770. The highest BCUT2D eigenvalue weighted by atomic mass is 16.5. The highest BCUT2D eigenvalue weighted by molar-refractivity contribution is 5.67. The molecule has 108 valence electrons. The normalized spacial score (nSPS) is 14.0. The van der Waals surface area contributed by atoms with Crippen LogP contribution in [0.15, 0.2) is 0 Å². The van der Waals surface area contributed by atoms with Crippen molar-refractivity contribution in [2.75, 3.05) is 20.2 Å². The molecule has 1 amide bonds. The van der Waals surface area contributed by atoms with Gasteiger partial charge in [0.05, 0.1) is 6.61 Å². The van der Waals surface area contributed by atoms with Crippen molar-refractivity contribution in [3.63, 3.8) is 0 Å². The molecule has 0 aliphatic carbocycles. The number of alkyl carbamates (subject to hydrolysis) is 1. The molecule has 0 radical (unpaired) electrons. The van der Waals surface area contributed by atoms with Crippen LogP contribution in [-0.2, 0) is 4.74 Å². The number of rotatable bonds is 10. The van der Waals surface area contributed by atoms with Crippen LogP contribution in [0, 0.1) is 5.92 Å². The van der Waals surface area contributed by atoms with Crippen LogP contribution in [0.3, 0.4) is 0 Å². The third-order valence-electron chi connectivity index (χ3n) is 3.29. The first-order valence-corrected chi connectivity index (χ1v) is 7.27. The Bertz CT molecular complexity index is 210. The number of carbonyl (C=O) groups is 1. The van der Waals surface area contributed by atoms with Crippen molar-refractivity contribution in [1.29, 1.82) is 0 Å². The zero-order valence-electron chi connectivity index (χ0n) is 12.4. The van der Waals surface area contributed by atoms with E-state index in [0.29, 0.717) is 25.1 Å². The summed E-state index contributed by atoms with van der Waals surface area (Å²) in [7, 11) is 1.98. The number of ether oxygens (including phenoxy) is 1. The van der Waals surface area contributed by atoms with E-state index in [1.165, 1.54) is 0 Å². The van der Waals surface area contributed by atoms with E-state index < -0.39 is 0 Å². The summed E-state index contributed by atoms with van der Waals surface area (Å²) in [6.45, 7) is 7.62. The summed E-state index contributed by atoms with van der Waals surface area (Å²) in [5.41, 5.74) is 0. The first-order chi connectivity index (χ1) is 8.69. The van der Waals surface area contributed by atoms with Gasteiger partial charge in [0.1, 0.15) is 0 Å². The van der Waals surface area contributed by atoms with Crippen LogP contribution < -0.4 is 10.6 Å². The first kappa shape index (κ1) is 17.2. The van der Waals surface area contributed by atoms with E-state index in [9.17, 15) is 4.79 Å². The van der Waals surface area contributed by atoms with Gasteiger partial charge in [-0.1, -0.05) is 33.6 Å². The lowest BCUT2D eigenvalue weighted by atomic mass is 9.94. The van der Waals surface area contributed by atoms with Crippen molar-refractivity contribution in [1.82, 2.24) is 10.6 Å². The number of hydrogen-bond acceptors (Lipinski definition) is 3. The molecule has 0 aromatic rings. The maximum absolute atomic E-state index is 11.5. The van der Waals surface area contributed by atoms with Gasteiger partial charge in [0, 0.05) is 18.5 Å². The van der Waals surface area contributed by atoms with E-state index in [1.54, 1.807) is 0 Å². The molecule has 2 N–H and O–H groups in total. The molecule has 0 spiro atoms. The fourth-order valence-corrected chi connectivity index (χ4v) is 2.05. The van der Waals surface area contributed by atoms with E-state index in [1.807, 2.05) is 7.05 Å². The maximum atomic E-state index is 11.5. The molecule has 0 fully saturated rings. The molecule has 2 atom stereocenters. The Labute approximate surface area is 112 Å². The minimum atomic E-state index is -0.284. The molecule has 0 aromatic carbocycles. The molecular weight excluding hydrogens is 228 g/mol. The van der Waals surface area contributed by atoms with Crippen LogP contribution in [0.1, 0.15) is 52.9 Å². The van der Waals surface area contributed by atoms with Crippen LogP contribution in [0.5, 0.6) is 0 Å². The summed E-state index contributed by atoms with van der Waals surface area (Å²) in [5.74, 6) is 0.395. The number of carbonyl (C=O) groups excluding carboxylic acids is 1. The van der Waals surface area contributed by atoms with Crippen LogP contribution in [-0.4, -0.2) is 32.3 Å². The Morgan fingerprint density at radius 3 is 2.44 bits per heavy atom. The molecule has 0 rings (SSSR count). The summed E-state index contributed by atoms with van der Waals surface area (Å²) in [6.07, 6.45) is 5.08. The van der Waals surface area contributed by atoms with Crippen molar-refractivity contribution in [3.05, 3.63) is 0 Å². The standard InChI is InChI=1S/C14H30N2O2/c1-5-8-10-16-14(17)18-11-12(7-3)13(15-4)9-6-2/h12-13,15H,5-11H2,1-4H3,(H,16,17). The van der Waals surface area contributed by atoms with Crippen molar-refractivity contribution in [3.8, 4) is 0 Å². The number of amides is 1. The third kappa shape index (κ3) is 7.54. The fourth-order valence-electron chi connectivity index (χ4n) is 2.05. The van der Waals surface area contributed by atoms with E-state index in [4.69, 9.17) is 4.74 Å². The second-order valence-corrected chi connectivity index (χ2v) is 4.73. The summed E-state index contributed by atoms with van der Waals surface area (Å²) in [5, 5.41) is 6.09. The molecule has 18 heavy (non-hydrogen) atoms. The zero-order chi connectivity index (χ0) is 13.8. The molecule has 0 saturated heterocycles. The minimum Gasteiger partial charge on any atom is -0.449 e. The van der Waals surface area contributed by atoms with Gasteiger partial charge in [0.2, 0.25) is 0 Å². The topological polar surface area (TPSA) is 50.4 Å². The molecule has 0 heterocycles. The molecule has 2 unspecified atom stereocenters. The van der Waals surface area contributed by atoms with Crippen molar-refractivity contribution in [2.45, 2.75) is 58.9 Å². The molecule has 0 aliphatic rings. The maximum Gasteiger partial charge on any atom is 0.407 e. The summed E-state index contributed by atoms with van der Waals surface area (Å²) >= 11 is 0. The number of hydrogen-bond donors (Lipinski definition) is 2. The highest BCUT2D eigenvalue weighted by Crippen LogP contribution is 2.14. The van der Waals surface area contributed by atoms with Gasteiger partial charge in [-0.15, -0.1) is 0 Å². The van der Waals surface area contributed by atoms with E-state index in [2.05, 4.69) is 31.4 Å². The summed E-state index contributed by atoms with van der Waals surface area (Å²) in [4.78, 5) is 11.5. The minimum absolute atomic E-state index is 0.284. The second kappa shape index (κ2) is 11.3. The average Bonchev–Trinajstić information content (AvgIpc) is 2.38. The Balaban J connectivity index is 3.93. The Morgan fingerprint density at radius 2 is 1.94 bits per heavy atom. The highest BCUT2D eigenvalue weighted by Gasteiger charge is 2.19. The van der Waals surface area contributed by atoms with Gasteiger partial charge in [0.15, 0.2) is 0 Å². The van der Waals surface area contributed by atoms with Gasteiger partial charge in [-0.25, -0.2) is 4.79 Å². The largest absolute Gasteiger partial charge is 0.449 e. The first-order valence-electron chi connectivity index (χ1n) is 7.27. The van der Waals surface area contributed by atoms with Gasteiger partial charge in [-0.2, -0.15) is 0 Å². The van der Waals surface area contributed by atoms with E-state index in [0.717, 1.165) is 32.1 Å². The van der Waals surface area contributed by atoms with Crippen molar-refractivity contribution < 1.29 is 9.53 Å². The number of unbranched alkanes of at least 4 members (excludes halogenated alkanes) is 1. The molecule has 0 saturated carbocycles. The molecule has 0 aliphatic heterocycles. The fraction of sp³-hybridized carbons (Fsp3) is 0.929. The predicted molar refractivity (Wildman–Crippen MR) is 75.8 cm³/mol. The van der Waals surface area contributed by atoms with E-state index in [-0.39, 0.29) is 6.09 Å². The zero-order valence-corrected chi connectivity index (χ0v) is 12.4. The summed E-state index contributed by atoms with van der Waals surface area (Å²) in [6, 6.07) is 0.434. The molecule has 0 bridgehead atoms. The van der Waals surface area contributed by atoms with Gasteiger partial charge < -0.3 is 15.4 Å². The molecular formula is C14H30N2O2. The van der Waals surface area contributed by atoms with Crippen LogP contribution >= 0.6 is 0 Å². The third-order valence-corrected chi connectivity index (χ3v) is 3.29. The molecule has 4 nitrogen and oxygen atoms in total. The SMILES string of the molecule is CCCCNC(=O)OCC(CC)C(CCC)NC. The monoisotopic (exact) mass is 258 g/mol. The summed E-state index contributed by atoms with van der Waals surface area (Å²) < 4.78 is 5.28. The second-order valence-electron chi connectivity index (χ2n) is 4.73. The molecule has 0 aromatic heterocycles.